The van der Waals surface area contributed by atoms with Gasteiger partial charge in [-0.05, 0) is 35.7 Å². The molecule has 0 aliphatic carbocycles. The maximum Gasteiger partial charge on any atom is 0.310 e. The molecule has 27 heavy (non-hydrogen) atoms. The van der Waals surface area contributed by atoms with E-state index in [4.69, 9.17) is 14.2 Å². The number of halogens is 1. The fourth-order valence-electron chi connectivity index (χ4n) is 2.48. The van der Waals surface area contributed by atoms with Crippen LogP contribution in [0.5, 0.6) is 11.5 Å². The lowest BCUT2D eigenvalue weighted by molar-refractivity contribution is -0.147. The van der Waals surface area contributed by atoms with Crippen LogP contribution in [0.25, 0.3) is 0 Å². The van der Waals surface area contributed by atoms with Gasteiger partial charge in [0, 0.05) is 6.54 Å². The number of para-hydroxylation sites is 1. The van der Waals surface area contributed by atoms with Gasteiger partial charge in [0.1, 0.15) is 5.75 Å². The number of amides is 1. The molecule has 0 saturated carbocycles. The minimum absolute atomic E-state index is 0.0986. The number of carbonyl (C=O) groups excluding carboxylic acids is 2. The first-order valence-corrected chi connectivity index (χ1v) is 8.40. The van der Waals surface area contributed by atoms with E-state index in [1.165, 1.54) is 19.2 Å². The summed E-state index contributed by atoms with van der Waals surface area (Å²) in [5.74, 6) is -0.720. The highest BCUT2D eigenvalue weighted by Crippen LogP contribution is 2.18. The molecule has 0 spiro atoms. The first-order valence-electron chi connectivity index (χ1n) is 8.40. The predicted octanol–water partition coefficient (Wildman–Crippen LogP) is 2.29. The van der Waals surface area contributed by atoms with E-state index in [0.717, 1.165) is 11.3 Å². The van der Waals surface area contributed by atoms with Gasteiger partial charge in [-0.15, -0.1) is 0 Å². The van der Waals surface area contributed by atoms with Gasteiger partial charge >= 0.3 is 5.97 Å². The van der Waals surface area contributed by atoms with E-state index < -0.39 is 17.7 Å². The molecular formula is C20H22FNO5. The monoisotopic (exact) mass is 375 g/mol. The van der Waals surface area contributed by atoms with Crippen molar-refractivity contribution in [1.29, 1.82) is 0 Å². The van der Waals surface area contributed by atoms with Crippen LogP contribution in [0.15, 0.2) is 42.5 Å². The van der Waals surface area contributed by atoms with Gasteiger partial charge in [-0.1, -0.05) is 24.3 Å². The van der Waals surface area contributed by atoms with Crippen LogP contribution < -0.4 is 14.8 Å². The molecular weight excluding hydrogens is 353 g/mol. The summed E-state index contributed by atoms with van der Waals surface area (Å²) < 4.78 is 28.6. The van der Waals surface area contributed by atoms with E-state index in [1.807, 2.05) is 24.3 Å². The van der Waals surface area contributed by atoms with Gasteiger partial charge in [-0.25, -0.2) is 4.39 Å². The van der Waals surface area contributed by atoms with Crippen LogP contribution in [0.1, 0.15) is 11.1 Å². The topological polar surface area (TPSA) is 73.9 Å². The van der Waals surface area contributed by atoms with E-state index in [9.17, 15) is 14.0 Å². The normalized spacial score (nSPS) is 10.2. The number of esters is 1. The molecule has 0 aromatic heterocycles. The number of methoxy groups -OCH3 is 2. The van der Waals surface area contributed by atoms with Crippen molar-refractivity contribution in [1.82, 2.24) is 5.32 Å². The van der Waals surface area contributed by atoms with Crippen molar-refractivity contribution in [2.45, 2.75) is 12.8 Å². The third kappa shape index (κ3) is 6.29. The average Bonchev–Trinajstić information content (AvgIpc) is 2.67. The Bertz CT molecular complexity index is 794. The van der Waals surface area contributed by atoms with Crippen molar-refractivity contribution in [2.24, 2.45) is 0 Å². The molecule has 0 aliphatic rings. The Hall–Kier alpha value is -3.09. The minimum atomic E-state index is -0.612. The van der Waals surface area contributed by atoms with Crippen molar-refractivity contribution in [3.8, 4) is 11.5 Å². The van der Waals surface area contributed by atoms with Crippen LogP contribution in [0.3, 0.4) is 0 Å². The van der Waals surface area contributed by atoms with Crippen molar-refractivity contribution < 1.29 is 28.2 Å². The zero-order valence-corrected chi connectivity index (χ0v) is 15.3. The zero-order valence-electron chi connectivity index (χ0n) is 15.3. The Morgan fingerprint density at radius 2 is 1.78 bits per heavy atom. The van der Waals surface area contributed by atoms with E-state index in [-0.39, 0.29) is 18.8 Å². The summed E-state index contributed by atoms with van der Waals surface area (Å²) in [5.41, 5.74) is 1.41. The number of rotatable bonds is 9. The molecule has 2 aromatic carbocycles. The standard InChI is InChI=1S/C20H22FNO5/c1-25-17-6-4-3-5-15(17)9-10-22-19(23)13-27-20(24)12-14-7-8-18(26-2)16(21)11-14/h3-8,11H,9-10,12-13H2,1-2H3,(H,22,23). The Morgan fingerprint density at radius 3 is 2.48 bits per heavy atom. The Labute approximate surface area is 157 Å². The second-order valence-electron chi connectivity index (χ2n) is 5.72. The first-order chi connectivity index (χ1) is 13.0. The predicted molar refractivity (Wildman–Crippen MR) is 97.3 cm³/mol. The molecule has 7 heteroatoms. The molecule has 0 saturated heterocycles. The lowest BCUT2D eigenvalue weighted by atomic mass is 10.1. The molecule has 0 radical (unpaired) electrons. The summed E-state index contributed by atoms with van der Waals surface area (Å²) in [7, 11) is 2.95. The highest BCUT2D eigenvalue weighted by atomic mass is 19.1. The van der Waals surface area contributed by atoms with E-state index in [2.05, 4.69) is 5.32 Å². The number of ether oxygens (including phenoxy) is 3. The maximum absolute atomic E-state index is 13.6. The Kier molecular flexibility index (Phi) is 7.61. The molecule has 0 aliphatic heterocycles. The van der Waals surface area contributed by atoms with Crippen LogP contribution >= 0.6 is 0 Å². The first kappa shape index (κ1) is 20.2. The number of benzene rings is 2. The van der Waals surface area contributed by atoms with Crippen LogP contribution in [0.2, 0.25) is 0 Å². The van der Waals surface area contributed by atoms with Crippen LogP contribution in [0, 0.1) is 5.82 Å². The number of hydrogen-bond acceptors (Lipinski definition) is 5. The van der Waals surface area contributed by atoms with Crippen molar-refractivity contribution >= 4 is 11.9 Å². The van der Waals surface area contributed by atoms with E-state index >= 15 is 0 Å². The Balaban J connectivity index is 1.72. The summed E-state index contributed by atoms with van der Waals surface area (Å²) in [5, 5.41) is 2.68. The third-order valence-electron chi connectivity index (χ3n) is 3.84. The maximum atomic E-state index is 13.6. The fourth-order valence-corrected chi connectivity index (χ4v) is 2.48. The molecule has 1 N–H and O–H groups in total. The molecule has 1 amide bonds. The molecule has 0 unspecified atom stereocenters. The van der Waals surface area contributed by atoms with Crippen molar-refractivity contribution in [3.05, 3.63) is 59.4 Å². The summed E-state index contributed by atoms with van der Waals surface area (Å²) >= 11 is 0. The molecule has 2 aromatic rings. The van der Waals surface area contributed by atoms with Crippen LogP contribution in [0.4, 0.5) is 4.39 Å². The second-order valence-corrected chi connectivity index (χ2v) is 5.72. The Morgan fingerprint density at radius 1 is 1.04 bits per heavy atom. The van der Waals surface area contributed by atoms with Crippen molar-refractivity contribution in [3.63, 3.8) is 0 Å². The van der Waals surface area contributed by atoms with Crippen molar-refractivity contribution in [2.75, 3.05) is 27.4 Å². The molecule has 0 atom stereocenters. The summed E-state index contributed by atoms with van der Waals surface area (Å²) in [4.78, 5) is 23.6. The number of nitrogens with one attached hydrogen (secondary N) is 1. The highest BCUT2D eigenvalue weighted by Gasteiger charge is 2.11. The smallest absolute Gasteiger partial charge is 0.310 e. The average molecular weight is 375 g/mol. The molecule has 144 valence electrons. The minimum Gasteiger partial charge on any atom is -0.496 e. The fraction of sp³-hybridized carbons (Fsp3) is 0.300. The van der Waals surface area contributed by atoms with E-state index in [1.54, 1.807) is 13.2 Å². The largest absolute Gasteiger partial charge is 0.496 e. The van der Waals surface area contributed by atoms with E-state index in [0.29, 0.717) is 18.5 Å². The van der Waals surface area contributed by atoms with Gasteiger partial charge in [0.25, 0.3) is 5.91 Å². The molecule has 0 fully saturated rings. The summed E-state index contributed by atoms with van der Waals surface area (Å²) in [6.45, 7) is 0.00381. The molecule has 0 bridgehead atoms. The summed E-state index contributed by atoms with van der Waals surface area (Å²) in [6, 6.07) is 11.7. The lowest BCUT2D eigenvalue weighted by Crippen LogP contribution is -2.30. The van der Waals surface area contributed by atoms with Gasteiger partial charge in [0.05, 0.1) is 20.6 Å². The van der Waals surface area contributed by atoms with Gasteiger partial charge in [0.15, 0.2) is 18.2 Å². The summed E-state index contributed by atoms with van der Waals surface area (Å²) in [6.07, 6.45) is 0.463. The lowest BCUT2D eigenvalue weighted by Gasteiger charge is -2.09. The van der Waals surface area contributed by atoms with Crippen LogP contribution in [-0.2, 0) is 27.2 Å². The number of carbonyl (C=O) groups is 2. The molecule has 2 rings (SSSR count). The van der Waals surface area contributed by atoms with Gasteiger partial charge < -0.3 is 19.5 Å². The molecule has 0 heterocycles. The SMILES string of the molecule is COc1ccc(CC(=O)OCC(=O)NCCc2ccccc2OC)cc1F. The second kappa shape index (κ2) is 10.2. The van der Waals surface area contributed by atoms with Gasteiger partial charge in [-0.3, -0.25) is 9.59 Å². The van der Waals surface area contributed by atoms with Crippen LogP contribution in [-0.4, -0.2) is 39.2 Å². The zero-order chi connectivity index (χ0) is 19.6. The highest BCUT2D eigenvalue weighted by molar-refractivity contribution is 5.81. The molecule has 6 nitrogen and oxygen atoms in total. The van der Waals surface area contributed by atoms with Gasteiger partial charge in [0.2, 0.25) is 0 Å². The number of hydrogen-bond donors (Lipinski definition) is 1. The third-order valence-corrected chi connectivity index (χ3v) is 3.84. The van der Waals surface area contributed by atoms with Gasteiger partial charge in [-0.2, -0.15) is 0 Å². The quantitative estimate of drug-likeness (QED) is 0.681.